The van der Waals surface area contributed by atoms with Crippen LogP contribution in [-0.4, -0.2) is 19.6 Å². The maximum absolute atomic E-state index is 4.50. The fourth-order valence-electron chi connectivity index (χ4n) is 2.45. The molecule has 0 saturated carbocycles. The Morgan fingerprint density at radius 3 is 2.81 bits per heavy atom. The molecule has 0 fully saturated rings. The Hall–Kier alpha value is -1.79. The Kier molecular flexibility index (Phi) is 3.73. The highest BCUT2D eigenvalue weighted by Crippen LogP contribution is 2.19. The lowest BCUT2D eigenvalue weighted by Gasteiger charge is -2.16. The van der Waals surface area contributed by atoms with Crippen molar-refractivity contribution in [2.24, 2.45) is 0 Å². The van der Waals surface area contributed by atoms with Crippen LogP contribution in [0, 0.1) is 20.8 Å². The summed E-state index contributed by atoms with van der Waals surface area (Å²) >= 11 is 1.69. The Morgan fingerprint density at radius 2 is 2.10 bits per heavy atom. The molecule has 21 heavy (non-hydrogen) atoms. The second kappa shape index (κ2) is 5.54. The lowest BCUT2D eigenvalue weighted by atomic mass is 10.1. The molecular formula is C15H19N5S. The van der Waals surface area contributed by atoms with Crippen LogP contribution in [0.1, 0.15) is 40.5 Å². The zero-order valence-corrected chi connectivity index (χ0v) is 13.5. The fraction of sp³-hybridized carbons (Fsp3) is 0.400. The topological polar surface area (TPSA) is 55.1 Å². The maximum atomic E-state index is 4.50. The van der Waals surface area contributed by atoms with E-state index in [1.165, 1.54) is 10.4 Å². The highest BCUT2D eigenvalue weighted by atomic mass is 32.1. The first kappa shape index (κ1) is 14.2. The van der Waals surface area contributed by atoms with Gasteiger partial charge in [0.05, 0.1) is 16.9 Å². The number of aryl methyl sites for hydroxylation is 3. The van der Waals surface area contributed by atoms with Crippen LogP contribution in [0.2, 0.25) is 0 Å². The van der Waals surface area contributed by atoms with Crippen LogP contribution < -0.4 is 5.32 Å². The summed E-state index contributed by atoms with van der Waals surface area (Å²) in [6.45, 7) is 9.11. The van der Waals surface area contributed by atoms with E-state index in [4.69, 9.17) is 0 Å². The van der Waals surface area contributed by atoms with Gasteiger partial charge >= 0.3 is 0 Å². The Labute approximate surface area is 128 Å². The van der Waals surface area contributed by atoms with Gasteiger partial charge in [-0.3, -0.25) is 0 Å². The molecule has 1 atom stereocenters. The SMILES string of the molecule is Cc1cc2ncc(C(C)NCc3scnc3C)c(C)n2n1. The first-order valence-electron chi connectivity index (χ1n) is 7.00. The minimum atomic E-state index is 0.216. The molecule has 5 nitrogen and oxygen atoms in total. The van der Waals surface area contributed by atoms with Crippen LogP contribution in [-0.2, 0) is 6.54 Å². The van der Waals surface area contributed by atoms with Gasteiger partial charge in [-0.2, -0.15) is 5.10 Å². The number of nitrogens with one attached hydrogen (secondary N) is 1. The van der Waals surface area contributed by atoms with Gasteiger partial charge in [0.25, 0.3) is 0 Å². The Morgan fingerprint density at radius 1 is 1.29 bits per heavy atom. The van der Waals surface area contributed by atoms with Crippen LogP contribution in [0.5, 0.6) is 0 Å². The monoisotopic (exact) mass is 301 g/mol. The number of thiazole rings is 1. The zero-order valence-electron chi connectivity index (χ0n) is 12.7. The standard InChI is InChI=1S/C15H19N5S/c1-9-5-15-17-6-13(12(4)20(15)19-9)10(2)16-7-14-11(3)18-8-21-14/h5-6,8,10,16H,7H2,1-4H3. The smallest absolute Gasteiger partial charge is 0.155 e. The largest absolute Gasteiger partial charge is 0.305 e. The van der Waals surface area contributed by atoms with Crippen LogP contribution in [0.4, 0.5) is 0 Å². The fourth-order valence-corrected chi connectivity index (χ4v) is 3.18. The molecule has 6 heteroatoms. The molecule has 3 aromatic rings. The molecule has 3 heterocycles. The van der Waals surface area contributed by atoms with Crippen molar-refractivity contribution in [3.8, 4) is 0 Å². The predicted molar refractivity (Wildman–Crippen MR) is 84.6 cm³/mol. The van der Waals surface area contributed by atoms with Crippen molar-refractivity contribution < 1.29 is 0 Å². The normalized spacial score (nSPS) is 13.0. The summed E-state index contributed by atoms with van der Waals surface area (Å²) in [5, 5.41) is 8.04. The van der Waals surface area contributed by atoms with Crippen LogP contribution >= 0.6 is 11.3 Å². The Balaban J connectivity index is 1.82. The third-order valence-corrected chi connectivity index (χ3v) is 4.70. The van der Waals surface area contributed by atoms with Gasteiger partial charge in [0.15, 0.2) is 5.65 Å². The first-order valence-corrected chi connectivity index (χ1v) is 7.88. The average Bonchev–Trinajstić information content (AvgIpc) is 3.02. The van der Waals surface area contributed by atoms with Gasteiger partial charge in [-0.15, -0.1) is 11.3 Å². The second-order valence-corrected chi connectivity index (χ2v) is 6.26. The van der Waals surface area contributed by atoms with Gasteiger partial charge in [-0.05, 0) is 27.7 Å². The summed E-state index contributed by atoms with van der Waals surface area (Å²) in [7, 11) is 0. The molecule has 1 N–H and O–H groups in total. The van der Waals surface area contributed by atoms with E-state index in [-0.39, 0.29) is 6.04 Å². The van der Waals surface area contributed by atoms with Crippen molar-refractivity contribution in [1.29, 1.82) is 0 Å². The van der Waals surface area contributed by atoms with E-state index in [0.29, 0.717) is 0 Å². The van der Waals surface area contributed by atoms with Crippen molar-refractivity contribution in [3.05, 3.63) is 45.3 Å². The van der Waals surface area contributed by atoms with Gasteiger partial charge in [0.1, 0.15) is 0 Å². The quantitative estimate of drug-likeness (QED) is 0.805. The van der Waals surface area contributed by atoms with Gasteiger partial charge in [0.2, 0.25) is 0 Å². The molecule has 0 aliphatic heterocycles. The van der Waals surface area contributed by atoms with Crippen LogP contribution in [0.15, 0.2) is 17.8 Å². The van der Waals surface area contributed by atoms with E-state index < -0.39 is 0 Å². The number of hydrogen-bond acceptors (Lipinski definition) is 5. The third-order valence-electron chi connectivity index (χ3n) is 3.76. The highest BCUT2D eigenvalue weighted by Gasteiger charge is 2.13. The van der Waals surface area contributed by atoms with Gasteiger partial charge in [0, 0.05) is 41.0 Å². The molecule has 0 amide bonds. The molecule has 110 valence electrons. The maximum Gasteiger partial charge on any atom is 0.155 e. The van der Waals surface area contributed by atoms with Crippen LogP contribution in [0.3, 0.4) is 0 Å². The van der Waals surface area contributed by atoms with E-state index in [0.717, 1.165) is 29.3 Å². The molecule has 0 radical (unpaired) electrons. The van der Waals surface area contributed by atoms with E-state index >= 15 is 0 Å². The number of aromatic nitrogens is 4. The molecule has 3 rings (SSSR count). The van der Waals surface area contributed by atoms with E-state index in [1.807, 2.05) is 36.1 Å². The molecular weight excluding hydrogens is 282 g/mol. The van der Waals surface area contributed by atoms with Gasteiger partial charge < -0.3 is 5.32 Å². The van der Waals surface area contributed by atoms with Gasteiger partial charge in [-0.25, -0.2) is 14.5 Å². The zero-order chi connectivity index (χ0) is 15.0. The summed E-state index contributed by atoms with van der Waals surface area (Å²) in [6.07, 6.45) is 1.95. The summed E-state index contributed by atoms with van der Waals surface area (Å²) in [5.41, 5.74) is 7.19. The van der Waals surface area contributed by atoms with Crippen LogP contribution in [0.25, 0.3) is 5.65 Å². The number of nitrogens with zero attached hydrogens (tertiary/aromatic N) is 4. The molecule has 0 spiro atoms. The molecule has 0 saturated heterocycles. The summed E-state index contributed by atoms with van der Waals surface area (Å²) in [6, 6.07) is 2.21. The molecule has 0 aliphatic rings. The van der Waals surface area contributed by atoms with Gasteiger partial charge in [-0.1, -0.05) is 0 Å². The van der Waals surface area contributed by atoms with Crippen molar-refractivity contribution in [2.75, 3.05) is 0 Å². The first-order chi connectivity index (χ1) is 10.1. The van der Waals surface area contributed by atoms with E-state index in [2.05, 4.69) is 34.2 Å². The lowest BCUT2D eigenvalue weighted by Crippen LogP contribution is -2.20. The molecule has 0 bridgehead atoms. The molecule has 3 aromatic heterocycles. The number of hydrogen-bond donors (Lipinski definition) is 1. The van der Waals surface area contributed by atoms with Crippen molar-refractivity contribution in [3.63, 3.8) is 0 Å². The summed E-state index contributed by atoms with van der Waals surface area (Å²) < 4.78 is 1.92. The summed E-state index contributed by atoms with van der Waals surface area (Å²) in [5.74, 6) is 0. The summed E-state index contributed by atoms with van der Waals surface area (Å²) in [4.78, 5) is 10.1. The van der Waals surface area contributed by atoms with Crippen molar-refractivity contribution in [1.82, 2.24) is 24.9 Å². The van der Waals surface area contributed by atoms with Crippen molar-refractivity contribution in [2.45, 2.75) is 40.3 Å². The highest BCUT2D eigenvalue weighted by molar-refractivity contribution is 7.09. The minimum absolute atomic E-state index is 0.216. The minimum Gasteiger partial charge on any atom is -0.305 e. The predicted octanol–water partition coefficient (Wildman–Crippen LogP) is 2.96. The molecule has 1 unspecified atom stereocenters. The van der Waals surface area contributed by atoms with E-state index in [9.17, 15) is 0 Å². The number of fused-ring (bicyclic) bond motifs is 1. The number of rotatable bonds is 4. The molecule has 0 aliphatic carbocycles. The average molecular weight is 301 g/mol. The lowest BCUT2D eigenvalue weighted by molar-refractivity contribution is 0.567. The second-order valence-electron chi connectivity index (χ2n) is 5.32. The Bertz CT molecular complexity index is 774. The van der Waals surface area contributed by atoms with Crippen molar-refractivity contribution >= 4 is 17.0 Å². The van der Waals surface area contributed by atoms with E-state index in [1.54, 1.807) is 11.3 Å². The molecule has 0 aromatic carbocycles. The third kappa shape index (κ3) is 2.69.